The summed E-state index contributed by atoms with van der Waals surface area (Å²) < 4.78 is 0. The minimum absolute atomic E-state index is 0.193. The lowest BCUT2D eigenvalue weighted by atomic mass is 10.1. The van der Waals surface area contributed by atoms with Crippen LogP contribution in [0.25, 0.3) is 6.08 Å². The van der Waals surface area contributed by atoms with Gasteiger partial charge in [-0.05, 0) is 29.8 Å². The van der Waals surface area contributed by atoms with Gasteiger partial charge in [-0.15, -0.1) is 6.58 Å². The van der Waals surface area contributed by atoms with E-state index in [-0.39, 0.29) is 5.91 Å². The number of nitrogens with one attached hydrogen (secondary N) is 1. The van der Waals surface area contributed by atoms with Crippen LogP contribution >= 0.6 is 0 Å². The van der Waals surface area contributed by atoms with E-state index in [1.165, 1.54) is 6.08 Å². The first-order chi connectivity index (χ1) is 7.63. The Morgan fingerprint density at radius 2 is 2.19 bits per heavy atom. The molecule has 84 valence electrons. The summed E-state index contributed by atoms with van der Waals surface area (Å²) in [5.41, 5.74) is 13.3. The zero-order chi connectivity index (χ0) is 12.0. The van der Waals surface area contributed by atoms with Crippen LogP contribution < -0.4 is 16.8 Å². The summed E-state index contributed by atoms with van der Waals surface area (Å²) in [6.45, 7) is 3.94. The Labute approximate surface area is 94.6 Å². The van der Waals surface area contributed by atoms with Crippen molar-refractivity contribution in [2.45, 2.75) is 0 Å². The van der Waals surface area contributed by atoms with E-state index in [9.17, 15) is 4.79 Å². The summed E-state index contributed by atoms with van der Waals surface area (Å²) in [7, 11) is 0. The molecule has 0 aromatic heterocycles. The Kier molecular flexibility index (Phi) is 4.15. The van der Waals surface area contributed by atoms with E-state index in [4.69, 9.17) is 11.5 Å². The van der Waals surface area contributed by atoms with Gasteiger partial charge in [0.15, 0.2) is 0 Å². The molecule has 4 nitrogen and oxygen atoms in total. The second-order valence-electron chi connectivity index (χ2n) is 3.26. The van der Waals surface area contributed by atoms with E-state index >= 15 is 0 Å². The van der Waals surface area contributed by atoms with Gasteiger partial charge < -0.3 is 16.8 Å². The Balaban J connectivity index is 2.71. The quantitative estimate of drug-likeness (QED) is 0.402. The van der Waals surface area contributed by atoms with Gasteiger partial charge in [-0.3, -0.25) is 4.79 Å². The first-order valence-electron chi connectivity index (χ1n) is 4.85. The number of benzene rings is 1. The molecule has 0 bridgehead atoms. The standard InChI is InChI=1S/C12H15N3O/c1-2-7-15-12(16)6-3-9-8-10(13)4-5-11(9)14/h2-6,8H,1,7,13-14H2,(H,15,16). The molecule has 16 heavy (non-hydrogen) atoms. The lowest BCUT2D eigenvalue weighted by Crippen LogP contribution is -2.20. The fourth-order valence-electron chi connectivity index (χ4n) is 1.13. The Hall–Kier alpha value is -2.23. The van der Waals surface area contributed by atoms with Gasteiger partial charge in [0.25, 0.3) is 0 Å². The molecule has 0 saturated carbocycles. The topological polar surface area (TPSA) is 81.1 Å². The number of nitrogens with two attached hydrogens (primary N) is 2. The number of carbonyl (C=O) groups is 1. The number of amides is 1. The van der Waals surface area contributed by atoms with Crippen LogP contribution in [0.5, 0.6) is 0 Å². The second kappa shape index (κ2) is 5.60. The molecule has 0 unspecified atom stereocenters. The molecule has 0 spiro atoms. The molecule has 0 aliphatic heterocycles. The Bertz CT molecular complexity index is 424. The van der Waals surface area contributed by atoms with Gasteiger partial charge >= 0.3 is 0 Å². The lowest BCUT2D eigenvalue weighted by Gasteiger charge is -2.01. The average molecular weight is 217 g/mol. The molecule has 0 atom stereocenters. The monoisotopic (exact) mass is 217 g/mol. The van der Waals surface area contributed by atoms with Crippen molar-refractivity contribution >= 4 is 23.4 Å². The Morgan fingerprint density at radius 3 is 2.88 bits per heavy atom. The summed E-state index contributed by atoms with van der Waals surface area (Å²) >= 11 is 0. The highest BCUT2D eigenvalue weighted by Gasteiger charge is 1.97. The van der Waals surface area contributed by atoms with Crippen LogP contribution in [0.3, 0.4) is 0 Å². The lowest BCUT2D eigenvalue weighted by molar-refractivity contribution is -0.116. The summed E-state index contributed by atoms with van der Waals surface area (Å²) in [5.74, 6) is -0.193. The predicted molar refractivity (Wildman–Crippen MR) is 67.5 cm³/mol. The van der Waals surface area contributed by atoms with Gasteiger partial charge in [-0.2, -0.15) is 0 Å². The molecule has 1 aromatic rings. The SMILES string of the molecule is C=CCNC(=O)C=Cc1cc(N)ccc1N. The van der Waals surface area contributed by atoms with Crippen LogP contribution in [0.4, 0.5) is 11.4 Å². The molecule has 4 heteroatoms. The van der Waals surface area contributed by atoms with Gasteiger partial charge in [-0.25, -0.2) is 0 Å². The Morgan fingerprint density at radius 1 is 1.44 bits per heavy atom. The largest absolute Gasteiger partial charge is 0.399 e. The average Bonchev–Trinajstić information content (AvgIpc) is 2.27. The highest BCUT2D eigenvalue weighted by Crippen LogP contribution is 2.16. The van der Waals surface area contributed by atoms with E-state index in [1.807, 2.05) is 0 Å². The fraction of sp³-hybridized carbons (Fsp3) is 0.0833. The zero-order valence-electron chi connectivity index (χ0n) is 8.94. The van der Waals surface area contributed by atoms with Crippen molar-refractivity contribution < 1.29 is 4.79 Å². The van der Waals surface area contributed by atoms with Gasteiger partial charge in [0.1, 0.15) is 0 Å². The van der Waals surface area contributed by atoms with E-state index in [0.29, 0.717) is 17.9 Å². The number of rotatable bonds is 4. The van der Waals surface area contributed by atoms with Gasteiger partial charge in [0.2, 0.25) is 5.91 Å². The third-order valence-corrected chi connectivity index (χ3v) is 1.95. The van der Waals surface area contributed by atoms with Crippen LogP contribution in [-0.4, -0.2) is 12.5 Å². The molecule has 1 rings (SSSR count). The van der Waals surface area contributed by atoms with Crippen LogP contribution in [0.15, 0.2) is 36.9 Å². The highest BCUT2D eigenvalue weighted by molar-refractivity contribution is 5.92. The van der Waals surface area contributed by atoms with Crippen molar-refractivity contribution in [3.8, 4) is 0 Å². The minimum Gasteiger partial charge on any atom is -0.399 e. The molecule has 0 radical (unpaired) electrons. The zero-order valence-corrected chi connectivity index (χ0v) is 8.94. The van der Waals surface area contributed by atoms with Crippen LogP contribution in [-0.2, 0) is 4.79 Å². The molecule has 0 heterocycles. The van der Waals surface area contributed by atoms with Gasteiger partial charge in [0, 0.05) is 24.0 Å². The number of hydrogen-bond donors (Lipinski definition) is 3. The third kappa shape index (κ3) is 3.49. The smallest absolute Gasteiger partial charge is 0.244 e. The maximum absolute atomic E-state index is 11.3. The molecule has 0 saturated heterocycles. The van der Waals surface area contributed by atoms with E-state index in [2.05, 4.69) is 11.9 Å². The normalized spacial score (nSPS) is 10.2. The number of nitrogen functional groups attached to an aromatic ring is 2. The van der Waals surface area contributed by atoms with Crippen molar-refractivity contribution in [2.24, 2.45) is 0 Å². The van der Waals surface area contributed by atoms with Crippen molar-refractivity contribution in [3.63, 3.8) is 0 Å². The summed E-state index contributed by atoms with van der Waals surface area (Å²) in [5, 5.41) is 2.62. The molecule has 0 aliphatic rings. The van der Waals surface area contributed by atoms with Crippen LogP contribution in [0, 0.1) is 0 Å². The summed E-state index contributed by atoms with van der Waals surface area (Å²) in [4.78, 5) is 11.3. The molecule has 5 N–H and O–H groups in total. The van der Waals surface area contributed by atoms with Gasteiger partial charge in [0.05, 0.1) is 0 Å². The molecule has 1 aromatic carbocycles. The molecule has 1 amide bonds. The highest BCUT2D eigenvalue weighted by atomic mass is 16.1. The predicted octanol–water partition coefficient (Wildman–Crippen LogP) is 1.17. The van der Waals surface area contributed by atoms with E-state index in [1.54, 1.807) is 30.4 Å². The molecular formula is C12H15N3O. The first-order valence-corrected chi connectivity index (χ1v) is 4.85. The van der Waals surface area contributed by atoms with Crippen molar-refractivity contribution in [1.82, 2.24) is 5.32 Å². The fourth-order valence-corrected chi connectivity index (χ4v) is 1.13. The summed E-state index contributed by atoms with van der Waals surface area (Å²) in [6.07, 6.45) is 4.65. The maximum atomic E-state index is 11.3. The van der Waals surface area contributed by atoms with Crippen molar-refractivity contribution in [3.05, 3.63) is 42.5 Å². The maximum Gasteiger partial charge on any atom is 0.244 e. The minimum atomic E-state index is -0.193. The molecule has 0 aliphatic carbocycles. The number of anilines is 2. The number of hydrogen-bond acceptors (Lipinski definition) is 3. The molecule has 0 fully saturated rings. The van der Waals surface area contributed by atoms with Crippen molar-refractivity contribution in [2.75, 3.05) is 18.0 Å². The second-order valence-corrected chi connectivity index (χ2v) is 3.26. The third-order valence-electron chi connectivity index (χ3n) is 1.95. The molecular weight excluding hydrogens is 202 g/mol. The van der Waals surface area contributed by atoms with E-state index < -0.39 is 0 Å². The van der Waals surface area contributed by atoms with E-state index in [0.717, 1.165) is 5.56 Å². The summed E-state index contributed by atoms with van der Waals surface area (Å²) in [6, 6.07) is 5.13. The van der Waals surface area contributed by atoms with Crippen LogP contribution in [0.2, 0.25) is 0 Å². The van der Waals surface area contributed by atoms with Crippen LogP contribution in [0.1, 0.15) is 5.56 Å². The first kappa shape index (κ1) is 11.8. The van der Waals surface area contributed by atoms with Gasteiger partial charge in [-0.1, -0.05) is 6.08 Å². The number of carbonyl (C=O) groups excluding carboxylic acids is 1. The van der Waals surface area contributed by atoms with Crippen molar-refractivity contribution in [1.29, 1.82) is 0 Å².